The van der Waals surface area contributed by atoms with Crippen molar-refractivity contribution in [1.29, 1.82) is 0 Å². The number of rotatable bonds is 10. The number of aromatic nitrogens is 4. The first-order valence-corrected chi connectivity index (χ1v) is 38.5. The van der Waals surface area contributed by atoms with Gasteiger partial charge in [-0.25, -0.2) is 0 Å². The van der Waals surface area contributed by atoms with Crippen LogP contribution >= 0.6 is 15.9 Å². The van der Waals surface area contributed by atoms with Gasteiger partial charge in [-0.05, 0) is 210 Å². The van der Waals surface area contributed by atoms with Crippen LogP contribution in [0.1, 0.15) is 27.7 Å². The maximum Gasteiger partial charge on any atom is 0.494 e. The van der Waals surface area contributed by atoms with Gasteiger partial charge in [0, 0.05) is 70.3 Å². The molecule has 110 heavy (non-hydrogen) atoms. The van der Waals surface area contributed by atoms with Crippen molar-refractivity contribution in [3.05, 3.63) is 393 Å². The van der Waals surface area contributed by atoms with E-state index in [4.69, 9.17) is 9.31 Å². The summed E-state index contributed by atoms with van der Waals surface area (Å²) in [6.07, 6.45) is 0. The molecule has 0 aliphatic carbocycles. The fourth-order valence-electron chi connectivity index (χ4n) is 16.3. The Hall–Kier alpha value is -12.8. The molecule has 1 aliphatic heterocycles. The van der Waals surface area contributed by atoms with Crippen molar-refractivity contribution in [1.82, 2.24) is 18.3 Å². The number of para-hydroxylation sites is 4. The molecule has 0 amide bonds. The quantitative estimate of drug-likeness (QED) is 0.128. The molecule has 6 nitrogen and oxygen atoms in total. The van der Waals surface area contributed by atoms with Crippen molar-refractivity contribution >= 4 is 116 Å². The Morgan fingerprint density at radius 2 is 0.473 bits per heavy atom. The van der Waals surface area contributed by atoms with Gasteiger partial charge in [0.05, 0.1) is 55.3 Å². The maximum atomic E-state index is 6.33. The molecule has 1 fully saturated rings. The fourth-order valence-corrected chi connectivity index (χ4v) is 16.6. The first kappa shape index (κ1) is 67.8. The standard InChI is InChI=1S/C48H32N2.C30H28BNO2.C24H16BrN/c1-3-12-33(13-4-1)35-22-26-39(27-23-35)49-45-20-9-7-18-41(45)43-31-37(24-28-47(43)49)38-25-29-48-44(32-38)42-19-8-10-21-46(42)50(48)40-17-11-16-36(30-40)34-14-5-2-6-15-34;1-29(2)30(3,4)34-31(33-29)23-16-19-28-26(20-23)25-12-8-9-13-27(25)32(28)24-17-14-22(15-18-24)21-10-6-5-7-11-21;25-19-13-14-24-22(16-19)21-11-4-5-12-23(21)26(24)20-10-6-9-18(15-20)17-7-2-1-3-8-17/h1-32H;5-20H,1-4H3;1-16H. The highest BCUT2D eigenvalue weighted by Crippen LogP contribution is 2.43. The third-order valence-electron chi connectivity index (χ3n) is 22.4. The van der Waals surface area contributed by atoms with E-state index >= 15 is 0 Å². The zero-order chi connectivity index (χ0) is 74.0. The number of benzene rings is 16. The fraction of sp³-hybridized carbons (Fsp3) is 0.0588. The van der Waals surface area contributed by atoms with Gasteiger partial charge in [0.1, 0.15) is 0 Å². The second kappa shape index (κ2) is 28.1. The van der Waals surface area contributed by atoms with Crippen LogP contribution in [-0.4, -0.2) is 36.6 Å². The van der Waals surface area contributed by atoms with Crippen molar-refractivity contribution in [2.24, 2.45) is 0 Å². The summed E-state index contributed by atoms with van der Waals surface area (Å²) < 4.78 is 23.2. The second-order valence-electron chi connectivity index (χ2n) is 29.6. The highest BCUT2D eigenvalue weighted by molar-refractivity contribution is 9.10. The minimum Gasteiger partial charge on any atom is -0.399 e. The lowest BCUT2D eigenvalue weighted by Gasteiger charge is -2.32. The molecular weight excluding hydrogens is 1400 g/mol. The lowest BCUT2D eigenvalue weighted by atomic mass is 9.78. The zero-order valence-corrected chi connectivity index (χ0v) is 63.1. The van der Waals surface area contributed by atoms with E-state index in [2.05, 4.69) is 444 Å². The lowest BCUT2D eigenvalue weighted by molar-refractivity contribution is 0.00578. The SMILES string of the molecule is Brc1ccc2c(c1)c1ccccc1n2-c1cccc(-c2ccccc2)c1.CC1(C)OB(c2ccc3c(c2)c2ccccc2n3-c2ccc(-c3ccccc3)cc2)OC1(C)C.c1ccc(-c2ccc(-n3c4ccccc4c4cc(-c5ccc6c(c5)c5ccccc5n6-c5cccc(-c6ccccc6)c5)ccc43)cc2)cc1. The van der Waals surface area contributed by atoms with E-state index in [-0.39, 0.29) is 18.3 Å². The van der Waals surface area contributed by atoms with Gasteiger partial charge in [0.25, 0.3) is 0 Å². The summed E-state index contributed by atoms with van der Waals surface area (Å²) >= 11 is 3.62. The Balaban J connectivity index is 0.000000119. The molecule has 0 spiro atoms. The van der Waals surface area contributed by atoms with E-state index in [9.17, 15) is 0 Å². The molecule has 0 saturated carbocycles. The molecule has 0 unspecified atom stereocenters. The van der Waals surface area contributed by atoms with E-state index in [0.717, 1.165) is 27.0 Å². The summed E-state index contributed by atoms with van der Waals surface area (Å²) in [4.78, 5) is 0. The predicted octanol–water partition coefficient (Wildman–Crippen LogP) is 26.8. The van der Waals surface area contributed by atoms with E-state index in [0.29, 0.717) is 0 Å². The largest absolute Gasteiger partial charge is 0.494 e. The third-order valence-corrected chi connectivity index (χ3v) is 22.9. The first-order valence-electron chi connectivity index (χ1n) is 37.7. The molecule has 16 aromatic carbocycles. The van der Waals surface area contributed by atoms with Crippen LogP contribution in [0.25, 0.3) is 166 Å². The van der Waals surface area contributed by atoms with Crippen molar-refractivity contribution in [3.63, 3.8) is 0 Å². The summed E-state index contributed by atoms with van der Waals surface area (Å²) in [5, 5.41) is 9.99. The highest BCUT2D eigenvalue weighted by atomic mass is 79.9. The Morgan fingerprint density at radius 3 is 0.855 bits per heavy atom. The molecule has 5 heterocycles. The molecule has 0 atom stereocenters. The third kappa shape index (κ3) is 12.3. The van der Waals surface area contributed by atoms with Crippen LogP contribution in [0.3, 0.4) is 0 Å². The summed E-state index contributed by atoms with van der Waals surface area (Å²) in [5.41, 5.74) is 26.8. The molecule has 20 aromatic rings. The van der Waals surface area contributed by atoms with Crippen LogP contribution < -0.4 is 5.46 Å². The topological polar surface area (TPSA) is 38.2 Å². The van der Waals surface area contributed by atoms with E-state index in [1.807, 2.05) is 6.07 Å². The summed E-state index contributed by atoms with van der Waals surface area (Å²) in [7, 11) is -0.373. The zero-order valence-electron chi connectivity index (χ0n) is 61.5. The monoisotopic (exact) mass is 1480 g/mol. The molecule has 526 valence electrons. The maximum absolute atomic E-state index is 6.33. The Kier molecular flexibility index (Phi) is 17.3. The Bertz CT molecular complexity index is 6820. The van der Waals surface area contributed by atoms with Crippen LogP contribution in [-0.2, 0) is 9.31 Å². The van der Waals surface area contributed by atoms with E-state index < -0.39 is 0 Å². The van der Waals surface area contributed by atoms with Gasteiger partial charge in [-0.2, -0.15) is 0 Å². The lowest BCUT2D eigenvalue weighted by Crippen LogP contribution is -2.41. The van der Waals surface area contributed by atoms with Crippen molar-refractivity contribution in [2.75, 3.05) is 0 Å². The van der Waals surface area contributed by atoms with Crippen LogP contribution in [0.2, 0.25) is 0 Å². The predicted molar refractivity (Wildman–Crippen MR) is 467 cm³/mol. The van der Waals surface area contributed by atoms with Gasteiger partial charge < -0.3 is 27.6 Å². The van der Waals surface area contributed by atoms with Crippen LogP contribution in [0.15, 0.2) is 393 Å². The minimum atomic E-state index is -0.373. The Labute approximate surface area is 648 Å². The van der Waals surface area contributed by atoms with Crippen molar-refractivity contribution in [3.8, 4) is 78.4 Å². The van der Waals surface area contributed by atoms with Gasteiger partial charge in [-0.3, -0.25) is 0 Å². The number of halogens is 1. The van der Waals surface area contributed by atoms with Crippen LogP contribution in [0.5, 0.6) is 0 Å². The first-order chi connectivity index (χ1) is 53.9. The molecule has 8 heteroatoms. The molecule has 4 aromatic heterocycles. The van der Waals surface area contributed by atoms with Crippen LogP contribution in [0.4, 0.5) is 0 Å². The molecule has 1 aliphatic rings. The number of hydrogen-bond donors (Lipinski definition) is 0. The highest BCUT2D eigenvalue weighted by Gasteiger charge is 2.52. The van der Waals surface area contributed by atoms with Gasteiger partial charge in [0.2, 0.25) is 0 Å². The van der Waals surface area contributed by atoms with E-state index in [1.165, 1.54) is 149 Å². The normalized spacial score (nSPS) is 13.2. The summed E-state index contributed by atoms with van der Waals surface area (Å²) in [5.74, 6) is 0. The molecule has 21 rings (SSSR count). The van der Waals surface area contributed by atoms with Gasteiger partial charge in [0.15, 0.2) is 0 Å². The number of fused-ring (bicyclic) bond motifs is 12. The average molecular weight is 1480 g/mol. The number of nitrogens with zero attached hydrogens (tertiary/aromatic N) is 4. The van der Waals surface area contributed by atoms with Crippen molar-refractivity contribution in [2.45, 2.75) is 38.9 Å². The number of hydrogen-bond acceptors (Lipinski definition) is 2. The average Bonchev–Trinajstić information content (AvgIpc) is 1.59. The molecular formula is C102H76BBrN4O2. The summed E-state index contributed by atoms with van der Waals surface area (Å²) in [6.45, 7) is 8.38. The minimum absolute atomic E-state index is 0.360. The molecule has 0 bridgehead atoms. The molecule has 1 saturated heterocycles. The second-order valence-corrected chi connectivity index (χ2v) is 30.5. The van der Waals surface area contributed by atoms with Crippen molar-refractivity contribution < 1.29 is 9.31 Å². The Morgan fingerprint density at radius 1 is 0.209 bits per heavy atom. The summed E-state index contributed by atoms with van der Waals surface area (Å²) in [6, 6.07) is 139. The van der Waals surface area contributed by atoms with E-state index in [1.54, 1.807) is 0 Å². The van der Waals surface area contributed by atoms with Gasteiger partial charge >= 0.3 is 7.12 Å². The smallest absolute Gasteiger partial charge is 0.399 e. The molecule has 0 N–H and O–H groups in total. The van der Waals surface area contributed by atoms with Gasteiger partial charge in [-0.15, -0.1) is 0 Å². The van der Waals surface area contributed by atoms with Gasteiger partial charge in [-0.1, -0.05) is 283 Å². The van der Waals surface area contributed by atoms with Crippen LogP contribution in [0, 0.1) is 0 Å². The molecule has 0 radical (unpaired) electrons.